The molecule has 5 heteroatoms. The highest BCUT2D eigenvalue weighted by molar-refractivity contribution is 6.30. The van der Waals surface area contributed by atoms with Gasteiger partial charge in [0, 0.05) is 30.6 Å². The van der Waals surface area contributed by atoms with Crippen molar-refractivity contribution in [3.05, 3.63) is 64.4 Å². The largest absolute Gasteiger partial charge is 0.496 e. The van der Waals surface area contributed by atoms with Crippen LogP contribution in [-0.4, -0.2) is 25.0 Å². The van der Waals surface area contributed by atoms with Crippen molar-refractivity contribution in [1.29, 1.82) is 0 Å². The fraction of sp³-hybridized carbons (Fsp3) is 0.278. The molecule has 0 aliphatic carbocycles. The summed E-state index contributed by atoms with van der Waals surface area (Å²) in [5, 5.41) is 0.599. The molecule has 1 amide bonds. The van der Waals surface area contributed by atoms with E-state index >= 15 is 0 Å². The van der Waals surface area contributed by atoms with Gasteiger partial charge in [-0.2, -0.15) is 0 Å². The first-order valence-electron chi connectivity index (χ1n) is 7.30. The van der Waals surface area contributed by atoms with E-state index in [0.29, 0.717) is 30.2 Å². The number of ether oxygens (including phenoxy) is 1. The first-order valence-corrected chi connectivity index (χ1v) is 7.68. The highest BCUT2D eigenvalue weighted by atomic mass is 35.5. The molecule has 0 unspecified atom stereocenters. The third kappa shape index (κ3) is 4.96. The van der Waals surface area contributed by atoms with Crippen LogP contribution < -0.4 is 4.74 Å². The second-order valence-corrected chi connectivity index (χ2v) is 5.77. The van der Waals surface area contributed by atoms with Crippen molar-refractivity contribution in [2.45, 2.75) is 19.4 Å². The van der Waals surface area contributed by atoms with Gasteiger partial charge in [-0.1, -0.05) is 23.7 Å². The van der Waals surface area contributed by atoms with E-state index in [0.717, 1.165) is 11.1 Å². The molecule has 2 aromatic carbocycles. The van der Waals surface area contributed by atoms with Crippen LogP contribution in [0.15, 0.2) is 42.5 Å². The molecule has 3 nitrogen and oxygen atoms in total. The van der Waals surface area contributed by atoms with Crippen LogP contribution in [0.2, 0.25) is 5.02 Å². The Morgan fingerprint density at radius 3 is 2.74 bits per heavy atom. The van der Waals surface area contributed by atoms with Crippen LogP contribution in [0.3, 0.4) is 0 Å². The minimum Gasteiger partial charge on any atom is -0.496 e. The summed E-state index contributed by atoms with van der Waals surface area (Å²) in [7, 11) is 3.31. The lowest BCUT2D eigenvalue weighted by Gasteiger charge is -2.19. The number of benzene rings is 2. The standard InChI is InChI=1S/C18H19ClFNO2/c1-21(12-14-11-15(19)7-8-17(14)23-2)18(22)9-6-13-4-3-5-16(20)10-13/h3-5,7-8,10-11H,6,9,12H2,1-2H3. The molecule has 0 saturated heterocycles. The number of carbonyl (C=O) groups excluding carboxylic acids is 1. The summed E-state index contributed by atoms with van der Waals surface area (Å²) in [6.07, 6.45) is 0.830. The Hall–Kier alpha value is -2.07. The number of carbonyl (C=O) groups is 1. The van der Waals surface area contributed by atoms with Crippen molar-refractivity contribution >= 4 is 17.5 Å². The van der Waals surface area contributed by atoms with E-state index in [9.17, 15) is 9.18 Å². The Labute approximate surface area is 140 Å². The van der Waals surface area contributed by atoms with Crippen molar-refractivity contribution in [3.63, 3.8) is 0 Å². The fourth-order valence-electron chi connectivity index (χ4n) is 2.35. The van der Waals surface area contributed by atoms with Gasteiger partial charge < -0.3 is 9.64 Å². The van der Waals surface area contributed by atoms with Crippen LogP contribution >= 0.6 is 11.6 Å². The van der Waals surface area contributed by atoms with Gasteiger partial charge in [0.15, 0.2) is 0 Å². The molecule has 23 heavy (non-hydrogen) atoms. The molecular formula is C18H19ClFNO2. The number of rotatable bonds is 6. The summed E-state index contributed by atoms with van der Waals surface area (Å²) in [6.45, 7) is 0.408. The second-order valence-electron chi connectivity index (χ2n) is 5.34. The van der Waals surface area contributed by atoms with Gasteiger partial charge in [0.2, 0.25) is 5.91 Å². The van der Waals surface area contributed by atoms with Gasteiger partial charge in [0.1, 0.15) is 11.6 Å². The number of hydrogen-bond donors (Lipinski definition) is 0. The van der Waals surface area contributed by atoms with Crippen molar-refractivity contribution in [1.82, 2.24) is 4.90 Å². The summed E-state index contributed by atoms with van der Waals surface area (Å²) in [5.74, 6) is 0.391. The molecule has 0 saturated carbocycles. The summed E-state index contributed by atoms with van der Waals surface area (Å²) in [5.41, 5.74) is 1.66. The van der Waals surface area contributed by atoms with Crippen molar-refractivity contribution in [3.8, 4) is 5.75 Å². The molecule has 0 heterocycles. The van der Waals surface area contributed by atoms with Gasteiger partial charge in [-0.15, -0.1) is 0 Å². The smallest absolute Gasteiger partial charge is 0.222 e. The molecule has 0 bridgehead atoms. The van der Waals surface area contributed by atoms with Gasteiger partial charge in [0.05, 0.1) is 7.11 Å². The summed E-state index contributed by atoms with van der Waals surface area (Å²) in [6, 6.07) is 11.6. The zero-order valence-corrected chi connectivity index (χ0v) is 13.9. The van der Waals surface area contributed by atoms with Gasteiger partial charge >= 0.3 is 0 Å². The molecule has 0 radical (unpaired) electrons. The SMILES string of the molecule is COc1ccc(Cl)cc1CN(C)C(=O)CCc1cccc(F)c1. The summed E-state index contributed by atoms with van der Waals surface area (Å²) >= 11 is 6.00. The lowest BCUT2D eigenvalue weighted by atomic mass is 10.1. The number of aryl methyl sites for hydroxylation is 1. The zero-order valence-electron chi connectivity index (χ0n) is 13.2. The Bertz CT molecular complexity index is 690. The predicted molar refractivity (Wildman–Crippen MR) is 89.2 cm³/mol. The highest BCUT2D eigenvalue weighted by Gasteiger charge is 2.13. The molecule has 2 aromatic rings. The topological polar surface area (TPSA) is 29.5 Å². The zero-order chi connectivity index (χ0) is 16.8. The van der Waals surface area contributed by atoms with Gasteiger partial charge in [-0.05, 0) is 42.3 Å². The Morgan fingerprint density at radius 2 is 2.04 bits per heavy atom. The van der Waals surface area contributed by atoms with E-state index in [1.165, 1.54) is 12.1 Å². The van der Waals surface area contributed by atoms with E-state index in [1.807, 2.05) is 6.07 Å². The maximum atomic E-state index is 13.1. The third-order valence-corrected chi connectivity index (χ3v) is 3.83. The van der Waals surface area contributed by atoms with Crippen molar-refractivity contribution < 1.29 is 13.9 Å². The average Bonchev–Trinajstić information content (AvgIpc) is 2.53. The van der Waals surface area contributed by atoms with Crippen molar-refractivity contribution in [2.75, 3.05) is 14.2 Å². The van der Waals surface area contributed by atoms with Crippen LogP contribution in [0.5, 0.6) is 5.75 Å². The first kappa shape index (κ1) is 17.3. The quantitative estimate of drug-likeness (QED) is 0.796. The predicted octanol–water partition coefficient (Wildman–Crippen LogP) is 4.08. The molecule has 2 rings (SSSR count). The Kier molecular flexibility index (Phi) is 5.99. The molecule has 0 aromatic heterocycles. The molecule has 0 fully saturated rings. The number of amides is 1. The van der Waals surface area contributed by atoms with E-state index in [1.54, 1.807) is 43.3 Å². The van der Waals surface area contributed by atoms with Crippen LogP contribution in [-0.2, 0) is 17.8 Å². The van der Waals surface area contributed by atoms with Crippen molar-refractivity contribution in [2.24, 2.45) is 0 Å². The van der Waals surface area contributed by atoms with Gasteiger partial charge in [-0.25, -0.2) is 4.39 Å². The maximum absolute atomic E-state index is 13.1. The average molecular weight is 336 g/mol. The fourth-order valence-corrected chi connectivity index (χ4v) is 2.54. The number of nitrogens with zero attached hydrogens (tertiary/aromatic N) is 1. The minimum atomic E-state index is -0.285. The molecule has 122 valence electrons. The lowest BCUT2D eigenvalue weighted by Crippen LogP contribution is -2.26. The molecule has 0 N–H and O–H groups in total. The maximum Gasteiger partial charge on any atom is 0.222 e. The van der Waals surface area contributed by atoms with Crippen LogP contribution in [0, 0.1) is 5.82 Å². The van der Waals surface area contributed by atoms with Crippen LogP contribution in [0.4, 0.5) is 4.39 Å². The van der Waals surface area contributed by atoms with Gasteiger partial charge in [0.25, 0.3) is 0 Å². The summed E-state index contributed by atoms with van der Waals surface area (Å²) in [4.78, 5) is 13.9. The van der Waals surface area contributed by atoms with E-state index in [2.05, 4.69) is 0 Å². The first-order chi connectivity index (χ1) is 11.0. The monoisotopic (exact) mass is 335 g/mol. The van der Waals surface area contributed by atoms with E-state index in [4.69, 9.17) is 16.3 Å². The molecule has 0 aliphatic heterocycles. The number of hydrogen-bond acceptors (Lipinski definition) is 2. The third-order valence-electron chi connectivity index (χ3n) is 3.59. The number of halogens is 2. The second kappa shape index (κ2) is 7.97. The minimum absolute atomic E-state index is 0.0173. The highest BCUT2D eigenvalue weighted by Crippen LogP contribution is 2.24. The Balaban J connectivity index is 1.96. The van der Waals surface area contributed by atoms with Crippen LogP contribution in [0.25, 0.3) is 0 Å². The van der Waals surface area contributed by atoms with E-state index in [-0.39, 0.29) is 11.7 Å². The molecule has 0 spiro atoms. The molecular weight excluding hydrogens is 317 g/mol. The molecule has 0 aliphatic rings. The summed E-state index contributed by atoms with van der Waals surface area (Å²) < 4.78 is 18.4. The van der Waals surface area contributed by atoms with E-state index < -0.39 is 0 Å². The normalized spacial score (nSPS) is 10.4. The lowest BCUT2D eigenvalue weighted by molar-refractivity contribution is -0.130. The Morgan fingerprint density at radius 1 is 1.26 bits per heavy atom. The molecule has 0 atom stereocenters. The van der Waals surface area contributed by atoms with Crippen LogP contribution in [0.1, 0.15) is 17.5 Å². The van der Waals surface area contributed by atoms with Gasteiger partial charge in [-0.3, -0.25) is 4.79 Å². The number of methoxy groups -OCH3 is 1.